The van der Waals surface area contributed by atoms with Gasteiger partial charge in [-0.3, -0.25) is 9.78 Å². The van der Waals surface area contributed by atoms with Gasteiger partial charge in [0.05, 0.1) is 5.39 Å². The van der Waals surface area contributed by atoms with Crippen LogP contribution in [0.2, 0.25) is 5.02 Å². The number of hydrogen-bond acceptors (Lipinski definition) is 4. The Balaban J connectivity index is 1.84. The van der Waals surface area contributed by atoms with Crippen molar-refractivity contribution >= 4 is 34.3 Å². The van der Waals surface area contributed by atoms with Gasteiger partial charge in [0.1, 0.15) is 0 Å². The number of nitrogens with zero attached hydrogens (tertiary/aromatic N) is 2. The summed E-state index contributed by atoms with van der Waals surface area (Å²) in [5.74, 6) is 0.350. The van der Waals surface area contributed by atoms with Gasteiger partial charge in [-0.1, -0.05) is 47.5 Å². The van der Waals surface area contributed by atoms with E-state index in [1.165, 1.54) is 5.56 Å². The van der Waals surface area contributed by atoms with Gasteiger partial charge in [0.2, 0.25) is 5.95 Å². The summed E-state index contributed by atoms with van der Waals surface area (Å²) in [5, 5.41) is 4.16. The molecule has 0 aliphatic heterocycles. The van der Waals surface area contributed by atoms with Crippen molar-refractivity contribution in [2.24, 2.45) is 0 Å². The summed E-state index contributed by atoms with van der Waals surface area (Å²) in [6.45, 7) is 4.04. The summed E-state index contributed by atoms with van der Waals surface area (Å²) < 4.78 is 0. The van der Waals surface area contributed by atoms with Crippen LogP contribution < -0.4 is 10.9 Å². The number of anilines is 2. The molecular formula is C21H17ClN4O. The van der Waals surface area contributed by atoms with Crippen LogP contribution in [0.3, 0.4) is 0 Å². The van der Waals surface area contributed by atoms with Crippen LogP contribution in [0, 0.1) is 13.8 Å². The lowest BCUT2D eigenvalue weighted by atomic mass is 10.0. The van der Waals surface area contributed by atoms with Gasteiger partial charge in [-0.15, -0.1) is 0 Å². The molecule has 0 aliphatic rings. The van der Waals surface area contributed by atoms with Crippen molar-refractivity contribution in [3.8, 4) is 11.1 Å². The highest BCUT2D eigenvalue weighted by Gasteiger charge is 2.13. The van der Waals surface area contributed by atoms with E-state index in [1.807, 2.05) is 44.2 Å². The standard InChI is InChI=1S/C21H17ClN4O/c1-12-7-8-17(13(2)11-12)24-21-25-19-18(20(27)26-21)15(9-10-23-19)14-5-3-4-6-16(14)22/h3-11H,1-2H3,(H2,23,24,25,26,27). The molecule has 5 nitrogen and oxygen atoms in total. The number of fused-ring (bicyclic) bond motifs is 1. The van der Waals surface area contributed by atoms with Gasteiger partial charge >= 0.3 is 0 Å². The van der Waals surface area contributed by atoms with Gasteiger partial charge in [0.15, 0.2) is 5.65 Å². The average molecular weight is 377 g/mol. The molecule has 134 valence electrons. The fourth-order valence-electron chi connectivity index (χ4n) is 3.11. The van der Waals surface area contributed by atoms with Gasteiger partial charge in [0.25, 0.3) is 5.56 Å². The maximum atomic E-state index is 12.8. The summed E-state index contributed by atoms with van der Waals surface area (Å²) in [5.41, 5.74) is 4.69. The van der Waals surface area contributed by atoms with Crippen LogP contribution in [0.1, 0.15) is 11.1 Å². The minimum Gasteiger partial charge on any atom is -0.325 e. The lowest BCUT2D eigenvalue weighted by Gasteiger charge is -2.11. The second-order valence-electron chi connectivity index (χ2n) is 6.39. The first kappa shape index (κ1) is 17.2. The van der Waals surface area contributed by atoms with E-state index in [-0.39, 0.29) is 5.56 Å². The Morgan fingerprint density at radius 3 is 2.63 bits per heavy atom. The maximum absolute atomic E-state index is 12.8. The van der Waals surface area contributed by atoms with E-state index in [0.29, 0.717) is 27.6 Å². The quantitative estimate of drug-likeness (QED) is 0.528. The Bertz CT molecular complexity index is 1220. The number of H-pyrrole nitrogens is 1. The zero-order valence-electron chi connectivity index (χ0n) is 14.9. The molecule has 0 spiro atoms. The van der Waals surface area contributed by atoms with E-state index in [4.69, 9.17) is 11.6 Å². The first-order chi connectivity index (χ1) is 13.0. The van der Waals surface area contributed by atoms with Gasteiger partial charge in [0, 0.05) is 28.0 Å². The summed E-state index contributed by atoms with van der Waals surface area (Å²) in [4.78, 5) is 24.4. The number of benzene rings is 2. The molecule has 0 saturated carbocycles. The third kappa shape index (κ3) is 3.29. The van der Waals surface area contributed by atoms with Crippen molar-refractivity contribution in [3.63, 3.8) is 0 Å². The van der Waals surface area contributed by atoms with Crippen molar-refractivity contribution in [1.29, 1.82) is 0 Å². The predicted octanol–water partition coefficient (Wildman–Crippen LogP) is 5.00. The molecule has 2 aromatic heterocycles. The van der Waals surface area contributed by atoms with Crippen LogP contribution in [0.5, 0.6) is 0 Å². The summed E-state index contributed by atoms with van der Waals surface area (Å²) >= 11 is 6.31. The van der Waals surface area contributed by atoms with Crippen molar-refractivity contribution in [2.45, 2.75) is 13.8 Å². The largest absolute Gasteiger partial charge is 0.325 e. The lowest BCUT2D eigenvalue weighted by molar-refractivity contribution is 1.14. The van der Waals surface area contributed by atoms with Crippen molar-refractivity contribution in [2.75, 3.05) is 5.32 Å². The van der Waals surface area contributed by atoms with Crippen LogP contribution in [-0.2, 0) is 0 Å². The second-order valence-corrected chi connectivity index (χ2v) is 6.80. The van der Waals surface area contributed by atoms with E-state index in [0.717, 1.165) is 16.8 Å². The Morgan fingerprint density at radius 1 is 1.04 bits per heavy atom. The smallest absolute Gasteiger partial charge is 0.262 e. The average Bonchev–Trinajstić information content (AvgIpc) is 2.64. The van der Waals surface area contributed by atoms with Crippen LogP contribution in [-0.4, -0.2) is 15.0 Å². The first-order valence-corrected chi connectivity index (χ1v) is 8.89. The topological polar surface area (TPSA) is 70.7 Å². The first-order valence-electron chi connectivity index (χ1n) is 8.51. The molecule has 0 unspecified atom stereocenters. The monoisotopic (exact) mass is 376 g/mol. The number of aryl methyl sites for hydroxylation is 2. The maximum Gasteiger partial charge on any atom is 0.262 e. The minimum absolute atomic E-state index is 0.268. The molecule has 2 aromatic carbocycles. The molecule has 0 fully saturated rings. The summed E-state index contributed by atoms with van der Waals surface area (Å²) in [6, 6.07) is 15.2. The van der Waals surface area contributed by atoms with E-state index in [9.17, 15) is 4.79 Å². The highest BCUT2D eigenvalue weighted by molar-refractivity contribution is 6.33. The molecule has 0 atom stereocenters. The lowest BCUT2D eigenvalue weighted by Crippen LogP contribution is -2.13. The number of pyridine rings is 1. The number of hydrogen-bond donors (Lipinski definition) is 2. The molecule has 0 saturated heterocycles. The van der Waals surface area contributed by atoms with E-state index < -0.39 is 0 Å². The number of aromatic nitrogens is 3. The van der Waals surface area contributed by atoms with Crippen LogP contribution >= 0.6 is 11.6 Å². The molecule has 0 radical (unpaired) electrons. The Kier molecular flexibility index (Phi) is 4.38. The van der Waals surface area contributed by atoms with Crippen molar-refractivity contribution in [1.82, 2.24) is 15.0 Å². The minimum atomic E-state index is -0.268. The summed E-state index contributed by atoms with van der Waals surface area (Å²) in [7, 11) is 0. The molecule has 6 heteroatoms. The van der Waals surface area contributed by atoms with Crippen LogP contribution in [0.4, 0.5) is 11.6 Å². The van der Waals surface area contributed by atoms with Crippen molar-refractivity contribution < 1.29 is 0 Å². The van der Waals surface area contributed by atoms with E-state index >= 15 is 0 Å². The molecule has 2 N–H and O–H groups in total. The normalized spacial score (nSPS) is 10.9. The number of nitrogens with one attached hydrogen (secondary N) is 2. The molecule has 4 aromatic rings. The molecule has 4 rings (SSSR count). The van der Waals surface area contributed by atoms with Crippen LogP contribution in [0.15, 0.2) is 59.5 Å². The zero-order valence-corrected chi connectivity index (χ0v) is 15.6. The summed E-state index contributed by atoms with van der Waals surface area (Å²) in [6.07, 6.45) is 1.63. The van der Waals surface area contributed by atoms with E-state index in [2.05, 4.69) is 26.3 Å². The fourth-order valence-corrected chi connectivity index (χ4v) is 3.35. The van der Waals surface area contributed by atoms with Gasteiger partial charge < -0.3 is 5.32 Å². The van der Waals surface area contributed by atoms with E-state index in [1.54, 1.807) is 18.3 Å². The van der Waals surface area contributed by atoms with Gasteiger partial charge in [-0.05, 0) is 37.6 Å². The molecule has 27 heavy (non-hydrogen) atoms. The van der Waals surface area contributed by atoms with Gasteiger partial charge in [-0.2, -0.15) is 4.98 Å². The molecule has 0 bridgehead atoms. The Hall–Kier alpha value is -3.18. The Morgan fingerprint density at radius 2 is 1.85 bits per heavy atom. The third-order valence-electron chi connectivity index (χ3n) is 4.41. The highest BCUT2D eigenvalue weighted by Crippen LogP contribution is 2.31. The molecule has 2 heterocycles. The van der Waals surface area contributed by atoms with Gasteiger partial charge in [-0.25, -0.2) is 4.98 Å². The molecule has 0 amide bonds. The zero-order chi connectivity index (χ0) is 19.0. The SMILES string of the molecule is Cc1ccc(Nc2nc3nccc(-c4ccccc4Cl)c3c(=O)[nH]2)c(C)c1. The Labute approximate surface area is 161 Å². The predicted molar refractivity (Wildman–Crippen MR) is 110 cm³/mol. The number of rotatable bonds is 3. The fraction of sp³-hybridized carbons (Fsp3) is 0.0952. The highest BCUT2D eigenvalue weighted by atomic mass is 35.5. The number of aromatic amines is 1. The second kappa shape index (κ2) is 6.85. The number of halogens is 1. The van der Waals surface area contributed by atoms with Crippen LogP contribution in [0.25, 0.3) is 22.2 Å². The molecular weight excluding hydrogens is 360 g/mol. The van der Waals surface area contributed by atoms with Crippen molar-refractivity contribution in [3.05, 3.63) is 81.2 Å². The molecule has 0 aliphatic carbocycles. The third-order valence-corrected chi connectivity index (χ3v) is 4.74.